The lowest BCUT2D eigenvalue weighted by Crippen LogP contribution is -2.38. The van der Waals surface area contributed by atoms with E-state index in [9.17, 15) is 4.79 Å². The topological polar surface area (TPSA) is 84.7 Å². The molecular formula is C14H22N6OS. The Labute approximate surface area is 134 Å². The Morgan fingerprint density at radius 1 is 1.36 bits per heavy atom. The number of amides is 2. The molecule has 2 aromatic heterocycles. The molecule has 0 aliphatic heterocycles. The van der Waals surface area contributed by atoms with Crippen LogP contribution < -0.4 is 10.6 Å². The number of hydrogen-bond donors (Lipinski definition) is 2. The lowest BCUT2D eigenvalue weighted by molar-refractivity contribution is 0.247. The average molecular weight is 322 g/mol. The maximum atomic E-state index is 12.0. The fraction of sp³-hybridized carbons (Fsp3) is 0.571. The molecule has 2 heterocycles. The third-order valence-corrected chi connectivity index (χ3v) is 4.39. The number of rotatable bonds is 7. The Hall–Kier alpha value is -1.96. The second-order valence-electron chi connectivity index (χ2n) is 5.19. The third kappa shape index (κ3) is 4.52. The minimum atomic E-state index is -0.271. The standard InChI is InChI=1S/C14H22N6OS/c1-4-11(5-2)12-18-19-14(22-12)17-13(21)16-10(3)9-20-8-6-7-15-20/h6-8,10-11H,4-5,9H2,1-3H3,(H2,16,17,19,21). The van der Waals surface area contributed by atoms with E-state index in [1.165, 1.54) is 11.3 Å². The van der Waals surface area contributed by atoms with E-state index in [4.69, 9.17) is 0 Å². The van der Waals surface area contributed by atoms with Gasteiger partial charge in [-0.25, -0.2) is 4.79 Å². The molecule has 1 atom stereocenters. The van der Waals surface area contributed by atoms with Gasteiger partial charge < -0.3 is 5.32 Å². The first-order chi connectivity index (χ1) is 10.6. The predicted molar refractivity (Wildman–Crippen MR) is 87.1 cm³/mol. The van der Waals surface area contributed by atoms with Crippen LogP contribution in [0, 0.1) is 0 Å². The quantitative estimate of drug-likeness (QED) is 0.821. The van der Waals surface area contributed by atoms with Gasteiger partial charge in [-0.3, -0.25) is 10.00 Å². The van der Waals surface area contributed by atoms with Crippen molar-refractivity contribution in [2.75, 3.05) is 5.32 Å². The predicted octanol–water partition coefficient (Wildman–Crippen LogP) is 2.85. The van der Waals surface area contributed by atoms with Gasteiger partial charge in [0.2, 0.25) is 5.13 Å². The highest BCUT2D eigenvalue weighted by molar-refractivity contribution is 7.15. The van der Waals surface area contributed by atoms with Gasteiger partial charge in [-0.05, 0) is 25.8 Å². The molecular weight excluding hydrogens is 300 g/mol. The Kier molecular flexibility index (Phi) is 5.88. The first-order valence-corrected chi connectivity index (χ1v) is 8.32. The number of carbonyl (C=O) groups is 1. The monoisotopic (exact) mass is 322 g/mol. The van der Waals surface area contributed by atoms with E-state index in [2.05, 4.69) is 39.8 Å². The summed E-state index contributed by atoms with van der Waals surface area (Å²) in [5, 5.41) is 19.4. The minimum absolute atomic E-state index is 0.0358. The zero-order valence-electron chi connectivity index (χ0n) is 13.1. The highest BCUT2D eigenvalue weighted by Crippen LogP contribution is 2.27. The fourth-order valence-electron chi connectivity index (χ4n) is 2.18. The normalized spacial score (nSPS) is 12.4. The molecule has 0 aromatic carbocycles. The summed E-state index contributed by atoms with van der Waals surface area (Å²) in [6.45, 7) is 6.81. The molecule has 0 bridgehead atoms. The lowest BCUT2D eigenvalue weighted by Gasteiger charge is -2.13. The number of urea groups is 1. The molecule has 0 aliphatic rings. The van der Waals surface area contributed by atoms with Crippen molar-refractivity contribution in [3.05, 3.63) is 23.5 Å². The number of carbonyl (C=O) groups excluding carboxylic acids is 1. The van der Waals surface area contributed by atoms with Gasteiger partial charge >= 0.3 is 6.03 Å². The third-order valence-electron chi connectivity index (χ3n) is 3.39. The fourth-order valence-corrected chi connectivity index (χ4v) is 3.18. The molecule has 2 amide bonds. The molecule has 0 saturated heterocycles. The van der Waals surface area contributed by atoms with E-state index < -0.39 is 0 Å². The second-order valence-corrected chi connectivity index (χ2v) is 6.20. The number of nitrogens with zero attached hydrogens (tertiary/aromatic N) is 4. The van der Waals surface area contributed by atoms with Crippen LogP contribution in [0.2, 0.25) is 0 Å². The molecule has 120 valence electrons. The van der Waals surface area contributed by atoms with Crippen LogP contribution in [0.25, 0.3) is 0 Å². The van der Waals surface area contributed by atoms with Crippen molar-refractivity contribution in [2.45, 2.75) is 52.1 Å². The SMILES string of the molecule is CCC(CC)c1nnc(NC(=O)NC(C)Cn2cccn2)s1. The van der Waals surface area contributed by atoms with Gasteiger partial charge in [0.25, 0.3) is 0 Å². The van der Waals surface area contributed by atoms with Crippen LogP contribution in [-0.2, 0) is 6.54 Å². The number of anilines is 1. The highest BCUT2D eigenvalue weighted by atomic mass is 32.1. The van der Waals surface area contributed by atoms with E-state index in [-0.39, 0.29) is 12.1 Å². The Morgan fingerprint density at radius 3 is 2.77 bits per heavy atom. The van der Waals surface area contributed by atoms with Gasteiger partial charge in [0.05, 0.1) is 6.54 Å². The van der Waals surface area contributed by atoms with Crippen molar-refractivity contribution >= 4 is 22.5 Å². The summed E-state index contributed by atoms with van der Waals surface area (Å²) in [5.41, 5.74) is 0. The Bertz CT molecular complexity index is 578. The number of nitrogens with one attached hydrogen (secondary N) is 2. The van der Waals surface area contributed by atoms with E-state index >= 15 is 0 Å². The zero-order chi connectivity index (χ0) is 15.9. The molecule has 7 nitrogen and oxygen atoms in total. The van der Waals surface area contributed by atoms with Crippen LogP contribution in [0.5, 0.6) is 0 Å². The van der Waals surface area contributed by atoms with Crippen molar-refractivity contribution in [1.29, 1.82) is 0 Å². The molecule has 0 aliphatic carbocycles. The average Bonchev–Trinajstić information content (AvgIpc) is 3.12. The van der Waals surface area contributed by atoms with Gasteiger partial charge in [0.15, 0.2) is 0 Å². The van der Waals surface area contributed by atoms with Crippen molar-refractivity contribution < 1.29 is 4.79 Å². The minimum Gasteiger partial charge on any atom is -0.333 e. The smallest absolute Gasteiger partial charge is 0.321 e. The van der Waals surface area contributed by atoms with Crippen molar-refractivity contribution in [3.8, 4) is 0 Å². The van der Waals surface area contributed by atoms with Gasteiger partial charge in [-0.15, -0.1) is 10.2 Å². The highest BCUT2D eigenvalue weighted by Gasteiger charge is 2.15. The molecule has 2 aromatic rings. The molecule has 22 heavy (non-hydrogen) atoms. The zero-order valence-corrected chi connectivity index (χ0v) is 13.9. The van der Waals surface area contributed by atoms with Crippen LogP contribution in [-0.4, -0.2) is 32.1 Å². The van der Waals surface area contributed by atoms with Crippen molar-refractivity contribution in [2.24, 2.45) is 0 Å². The summed E-state index contributed by atoms with van der Waals surface area (Å²) in [6.07, 6.45) is 5.63. The summed E-state index contributed by atoms with van der Waals surface area (Å²) < 4.78 is 1.78. The van der Waals surface area contributed by atoms with Crippen molar-refractivity contribution in [1.82, 2.24) is 25.3 Å². The molecule has 0 saturated carbocycles. The van der Waals surface area contributed by atoms with Gasteiger partial charge in [-0.2, -0.15) is 5.10 Å². The maximum Gasteiger partial charge on any atom is 0.321 e. The molecule has 8 heteroatoms. The second kappa shape index (κ2) is 7.88. The molecule has 2 N–H and O–H groups in total. The molecule has 2 rings (SSSR count). The molecule has 0 fully saturated rings. The number of aromatic nitrogens is 4. The van der Waals surface area contributed by atoms with E-state index in [0.717, 1.165) is 17.8 Å². The Morgan fingerprint density at radius 2 is 2.14 bits per heavy atom. The van der Waals surface area contributed by atoms with Crippen LogP contribution in [0.1, 0.15) is 44.5 Å². The number of hydrogen-bond acceptors (Lipinski definition) is 5. The molecule has 0 spiro atoms. The van der Waals surface area contributed by atoms with E-state index in [0.29, 0.717) is 17.6 Å². The van der Waals surface area contributed by atoms with Gasteiger partial charge in [0.1, 0.15) is 5.01 Å². The largest absolute Gasteiger partial charge is 0.333 e. The summed E-state index contributed by atoms with van der Waals surface area (Å²) in [4.78, 5) is 12.0. The summed E-state index contributed by atoms with van der Waals surface area (Å²) in [6, 6.07) is 1.55. The first kappa shape index (κ1) is 16.4. The maximum absolute atomic E-state index is 12.0. The van der Waals surface area contributed by atoms with Crippen LogP contribution in [0.4, 0.5) is 9.93 Å². The lowest BCUT2D eigenvalue weighted by atomic mass is 10.1. The van der Waals surface area contributed by atoms with Crippen LogP contribution in [0.3, 0.4) is 0 Å². The first-order valence-electron chi connectivity index (χ1n) is 7.50. The van der Waals surface area contributed by atoms with Crippen LogP contribution >= 0.6 is 11.3 Å². The van der Waals surface area contributed by atoms with Gasteiger partial charge in [0, 0.05) is 24.4 Å². The van der Waals surface area contributed by atoms with Crippen molar-refractivity contribution in [3.63, 3.8) is 0 Å². The van der Waals surface area contributed by atoms with E-state index in [1.54, 1.807) is 10.9 Å². The Balaban J connectivity index is 1.84. The van der Waals surface area contributed by atoms with E-state index in [1.807, 2.05) is 19.2 Å². The van der Waals surface area contributed by atoms with Crippen LogP contribution in [0.15, 0.2) is 18.5 Å². The molecule has 1 unspecified atom stereocenters. The van der Waals surface area contributed by atoms with Gasteiger partial charge in [-0.1, -0.05) is 25.2 Å². The summed E-state index contributed by atoms with van der Waals surface area (Å²) in [7, 11) is 0. The summed E-state index contributed by atoms with van der Waals surface area (Å²) in [5.74, 6) is 0.412. The summed E-state index contributed by atoms with van der Waals surface area (Å²) >= 11 is 1.44. The molecule has 0 radical (unpaired) electrons.